The van der Waals surface area contributed by atoms with Gasteiger partial charge in [-0.3, -0.25) is 4.79 Å². The molecule has 1 amide bonds. The molecule has 1 heterocycles. The van der Waals surface area contributed by atoms with Crippen LogP contribution in [-0.2, 0) is 6.61 Å². The topological polar surface area (TPSA) is 79.9 Å². The maximum atomic E-state index is 12.0. The average Bonchev–Trinajstić information content (AvgIpc) is 3.01. The highest BCUT2D eigenvalue weighted by Gasteiger charge is 2.13. The van der Waals surface area contributed by atoms with Gasteiger partial charge < -0.3 is 10.1 Å². The van der Waals surface area contributed by atoms with E-state index in [0.717, 1.165) is 11.3 Å². The number of hydrogen-bond acceptors (Lipinski definition) is 4. The second kappa shape index (κ2) is 6.74. The van der Waals surface area contributed by atoms with Crippen LogP contribution in [0.2, 0.25) is 0 Å². The van der Waals surface area contributed by atoms with E-state index in [2.05, 4.69) is 20.7 Å². The monoisotopic (exact) mass is 308 g/mol. The standard InChI is InChI=1S/C17H16N4O2/c1-12-16(20-21-19-12)17(22)18-14-7-9-15(10-8-14)23-11-13-5-3-2-4-6-13/h2-10H,11H2,1H3,(H,18,22)(H,19,20,21). The smallest absolute Gasteiger partial charge is 0.278 e. The third-order valence-corrected chi connectivity index (χ3v) is 3.30. The number of ether oxygens (including phenoxy) is 1. The Bertz CT molecular complexity index is 782. The molecule has 0 radical (unpaired) electrons. The number of carbonyl (C=O) groups excluding carboxylic acids is 1. The fourth-order valence-corrected chi connectivity index (χ4v) is 2.06. The molecule has 6 nitrogen and oxygen atoms in total. The predicted molar refractivity (Wildman–Crippen MR) is 86.3 cm³/mol. The molecule has 0 bridgehead atoms. The number of rotatable bonds is 5. The number of aromatic amines is 1. The van der Waals surface area contributed by atoms with E-state index in [-0.39, 0.29) is 11.6 Å². The van der Waals surface area contributed by atoms with E-state index in [9.17, 15) is 4.79 Å². The SMILES string of the molecule is Cc1n[nH]nc1C(=O)Nc1ccc(OCc2ccccc2)cc1. The van der Waals surface area contributed by atoms with E-state index in [1.54, 1.807) is 19.1 Å². The third-order valence-electron chi connectivity index (χ3n) is 3.30. The Morgan fingerprint density at radius 2 is 1.83 bits per heavy atom. The number of aryl methyl sites for hydroxylation is 1. The van der Waals surface area contributed by atoms with E-state index in [0.29, 0.717) is 18.0 Å². The van der Waals surface area contributed by atoms with Crippen molar-refractivity contribution < 1.29 is 9.53 Å². The van der Waals surface area contributed by atoms with Gasteiger partial charge in [-0.2, -0.15) is 15.4 Å². The molecule has 3 aromatic rings. The summed E-state index contributed by atoms with van der Waals surface area (Å²) in [4.78, 5) is 12.0. The lowest BCUT2D eigenvalue weighted by atomic mass is 10.2. The van der Waals surface area contributed by atoms with Crippen molar-refractivity contribution in [2.24, 2.45) is 0 Å². The van der Waals surface area contributed by atoms with Gasteiger partial charge in [0.2, 0.25) is 0 Å². The Morgan fingerprint density at radius 3 is 2.48 bits per heavy atom. The minimum Gasteiger partial charge on any atom is -0.489 e. The second-order valence-corrected chi connectivity index (χ2v) is 5.01. The van der Waals surface area contributed by atoms with Crippen molar-refractivity contribution in [3.8, 4) is 5.75 Å². The lowest BCUT2D eigenvalue weighted by molar-refractivity contribution is 0.102. The van der Waals surface area contributed by atoms with Crippen LogP contribution in [-0.4, -0.2) is 21.3 Å². The van der Waals surface area contributed by atoms with Crippen molar-refractivity contribution in [2.45, 2.75) is 13.5 Å². The fourth-order valence-electron chi connectivity index (χ4n) is 2.06. The van der Waals surface area contributed by atoms with Crippen LogP contribution in [0, 0.1) is 6.92 Å². The summed E-state index contributed by atoms with van der Waals surface area (Å²) in [6.45, 7) is 2.23. The number of amides is 1. The molecule has 0 aliphatic carbocycles. The number of H-pyrrole nitrogens is 1. The quantitative estimate of drug-likeness (QED) is 0.759. The van der Waals surface area contributed by atoms with E-state index in [1.165, 1.54) is 0 Å². The van der Waals surface area contributed by atoms with Crippen LogP contribution in [0.4, 0.5) is 5.69 Å². The van der Waals surface area contributed by atoms with Crippen molar-refractivity contribution >= 4 is 11.6 Å². The molecule has 0 aliphatic heterocycles. The maximum Gasteiger partial charge on any atom is 0.278 e. The summed E-state index contributed by atoms with van der Waals surface area (Å²) in [7, 11) is 0. The van der Waals surface area contributed by atoms with Gasteiger partial charge in [-0.05, 0) is 36.8 Å². The summed E-state index contributed by atoms with van der Waals surface area (Å²) in [5.41, 5.74) is 2.62. The number of nitrogens with one attached hydrogen (secondary N) is 2. The predicted octanol–water partition coefficient (Wildman–Crippen LogP) is 2.94. The van der Waals surface area contributed by atoms with E-state index < -0.39 is 0 Å². The van der Waals surface area contributed by atoms with Gasteiger partial charge in [-0.1, -0.05) is 30.3 Å². The largest absolute Gasteiger partial charge is 0.489 e. The number of benzene rings is 2. The second-order valence-electron chi connectivity index (χ2n) is 5.01. The van der Waals surface area contributed by atoms with Crippen LogP contribution in [0.15, 0.2) is 54.6 Å². The Morgan fingerprint density at radius 1 is 1.09 bits per heavy atom. The highest BCUT2D eigenvalue weighted by atomic mass is 16.5. The summed E-state index contributed by atoms with van der Waals surface area (Å²) < 4.78 is 5.70. The van der Waals surface area contributed by atoms with Gasteiger partial charge in [0.1, 0.15) is 12.4 Å². The molecule has 2 aromatic carbocycles. The first-order valence-corrected chi connectivity index (χ1v) is 7.18. The number of hydrogen-bond donors (Lipinski definition) is 2. The van der Waals surface area contributed by atoms with Crippen LogP contribution < -0.4 is 10.1 Å². The van der Waals surface area contributed by atoms with Gasteiger partial charge in [0.25, 0.3) is 5.91 Å². The zero-order chi connectivity index (χ0) is 16.1. The van der Waals surface area contributed by atoms with E-state index in [4.69, 9.17) is 4.74 Å². The first-order valence-electron chi connectivity index (χ1n) is 7.18. The van der Waals surface area contributed by atoms with E-state index >= 15 is 0 Å². The van der Waals surface area contributed by atoms with Gasteiger partial charge in [0.05, 0.1) is 5.69 Å². The Balaban J connectivity index is 1.59. The van der Waals surface area contributed by atoms with Gasteiger partial charge >= 0.3 is 0 Å². The fraction of sp³-hybridized carbons (Fsp3) is 0.118. The normalized spacial score (nSPS) is 10.3. The molecule has 2 N–H and O–H groups in total. The molecule has 0 unspecified atom stereocenters. The number of nitrogens with zero attached hydrogens (tertiary/aromatic N) is 2. The van der Waals surface area contributed by atoms with Crippen LogP contribution >= 0.6 is 0 Å². The number of anilines is 1. The Labute approximate surface area is 133 Å². The molecule has 116 valence electrons. The molecule has 0 fully saturated rings. The van der Waals surface area contributed by atoms with Gasteiger partial charge in [-0.25, -0.2) is 0 Å². The van der Waals surface area contributed by atoms with Crippen LogP contribution in [0.1, 0.15) is 21.7 Å². The summed E-state index contributed by atoms with van der Waals surface area (Å²) in [5.74, 6) is 0.443. The lowest BCUT2D eigenvalue weighted by Crippen LogP contribution is -2.13. The van der Waals surface area contributed by atoms with E-state index in [1.807, 2.05) is 42.5 Å². The van der Waals surface area contributed by atoms with Gasteiger partial charge in [0.15, 0.2) is 5.69 Å². The first-order chi connectivity index (χ1) is 11.2. The van der Waals surface area contributed by atoms with Gasteiger partial charge in [-0.15, -0.1) is 0 Å². The van der Waals surface area contributed by atoms with Crippen molar-refractivity contribution in [1.29, 1.82) is 0 Å². The Kier molecular flexibility index (Phi) is 4.33. The molecule has 0 saturated carbocycles. The molecule has 0 aliphatic rings. The molecule has 1 aromatic heterocycles. The summed E-state index contributed by atoms with van der Waals surface area (Å²) in [6, 6.07) is 17.1. The zero-order valence-electron chi connectivity index (χ0n) is 12.6. The number of carbonyl (C=O) groups is 1. The van der Waals surface area contributed by atoms with Gasteiger partial charge in [0, 0.05) is 5.69 Å². The molecule has 3 rings (SSSR count). The molecule has 0 saturated heterocycles. The van der Waals surface area contributed by atoms with Crippen molar-refractivity contribution in [3.63, 3.8) is 0 Å². The van der Waals surface area contributed by atoms with Crippen molar-refractivity contribution in [3.05, 3.63) is 71.5 Å². The Hall–Kier alpha value is -3.15. The first kappa shape index (κ1) is 14.8. The minimum absolute atomic E-state index is 0.286. The lowest BCUT2D eigenvalue weighted by Gasteiger charge is -2.08. The summed E-state index contributed by atoms with van der Waals surface area (Å²) in [6.07, 6.45) is 0. The molecular weight excluding hydrogens is 292 g/mol. The average molecular weight is 308 g/mol. The molecule has 0 spiro atoms. The maximum absolute atomic E-state index is 12.0. The summed E-state index contributed by atoms with van der Waals surface area (Å²) >= 11 is 0. The van der Waals surface area contributed by atoms with Crippen LogP contribution in [0.25, 0.3) is 0 Å². The van der Waals surface area contributed by atoms with Crippen LogP contribution in [0.5, 0.6) is 5.75 Å². The third kappa shape index (κ3) is 3.74. The summed E-state index contributed by atoms with van der Waals surface area (Å²) in [5, 5.41) is 12.8. The number of aromatic nitrogens is 3. The highest BCUT2D eigenvalue weighted by molar-refractivity contribution is 6.03. The van der Waals surface area contributed by atoms with Crippen molar-refractivity contribution in [1.82, 2.24) is 15.4 Å². The zero-order valence-corrected chi connectivity index (χ0v) is 12.6. The molecular formula is C17H16N4O2. The molecule has 23 heavy (non-hydrogen) atoms. The van der Waals surface area contributed by atoms with Crippen molar-refractivity contribution in [2.75, 3.05) is 5.32 Å². The minimum atomic E-state index is -0.297. The molecule has 6 heteroatoms. The van der Waals surface area contributed by atoms with Crippen LogP contribution in [0.3, 0.4) is 0 Å². The highest BCUT2D eigenvalue weighted by Crippen LogP contribution is 2.17. The molecule has 0 atom stereocenters.